The summed E-state index contributed by atoms with van der Waals surface area (Å²) in [5.41, 5.74) is 4.97. The Balaban J connectivity index is 1.63. The lowest BCUT2D eigenvalue weighted by molar-refractivity contribution is 0.612. The van der Waals surface area contributed by atoms with Crippen molar-refractivity contribution >= 4 is 11.2 Å². The average molecular weight is 361 g/mol. The van der Waals surface area contributed by atoms with E-state index in [2.05, 4.69) is 38.6 Å². The van der Waals surface area contributed by atoms with E-state index in [-0.39, 0.29) is 0 Å². The van der Waals surface area contributed by atoms with Crippen LogP contribution in [0.15, 0.2) is 43.2 Å². The van der Waals surface area contributed by atoms with E-state index in [1.165, 1.54) is 5.56 Å². The van der Waals surface area contributed by atoms with Crippen LogP contribution in [-0.2, 0) is 12.8 Å². The van der Waals surface area contributed by atoms with Crippen molar-refractivity contribution in [2.45, 2.75) is 45.6 Å². The lowest BCUT2D eigenvalue weighted by Gasteiger charge is -2.10. The Morgan fingerprint density at radius 3 is 2.74 bits per heavy atom. The van der Waals surface area contributed by atoms with Crippen LogP contribution in [0.1, 0.15) is 44.0 Å². The molecule has 0 unspecified atom stereocenters. The maximum atomic E-state index is 4.83. The van der Waals surface area contributed by atoms with Crippen LogP contribution in [-0.4, -0.2) is 34.7 Å². The molecule has 4 aromatic heterocycles. The largest absolute Gasteiger partial charge is 0.313 e. The van der Waals surface area contributed by atoms with Gasteiger partial charge < -0.3 is 4.57 Å². The van der Waals surface area contributed by atoms with E-state index in [1.54, 1.807) is 12.4 Å². The number of rotatable bonds is 7. The molecule has 0 radical (unpaired) electrons. The number of aryl methyl sites for hydroxylation is 2. The Labute approximate surface area is 157 Å². The van der Waals surface area contributed by atoms with E-state index in [9.17, 15) is 0 Å². The molecule has 0 aliphatic rings. The van der Waals surface area contributed by atoms with Gasteiger partial charge in [0.15, 0.2) is 11.5 Å². The van der Waals surface area contributed by atoms with Crippen LogP contribution in [0, 0.1) is 0 Å². The summed E-state index contributed by atoms with van der Waals surface area (Å²) in [5.74, 6) is 0.711. The second kappa shape index (κ2) is 7.65. The summed E-state index contributed by atoms with van der Waals surface area (Å²) < 4.78 is 2.10. The van der Waals surface area contributed by atoms with Gasteiger partial charge >= 0.3 is 0 Å². The van der Waals surface area contributed by atoms with Crippen LogP contribution in [0.2, 0.25) is 0 Å². The minimum Gasteiger partial charge on any atom is -0.313 e. The van der Waals surface area contributed by atoms with E-state index < -0.39 is 0 Å². The van der Waals surface area contributed by atoms with Gasteiger partial charge in [0.2, 0.25) is 0 Å². The number of hydrogen-bond donors (Lipinski definition) is 1. The first kappa shape index (κ1) is 17.3. The summed E-state index contributed by atoms with van der Waals surface area (Å²) in [6, 6.07) is 4.20. The highest BCUT2D eigenvalue weighted by molar-refractivity contribution is 5.76. The van der Waals surface area contributed by atoms with Crippen molar-refractivity contribution in [1.29, 1.82) is 0 Å². The molecule has 0 aromatic carbocycles. The monoisotopic (exact) mass is 361 g/mol. The molecule has 4 heterocycles. The van der Waals surface area contributed by atoms with E-state index in [4.69, 9.17) is 9.97 Å². The Kier molecular flexibility index (Phi) is 4.91. The summed E-state index contributed by atoms with van der Waals surface area (Å²) >= 11 is 0. The summed E-state index contributed by atoms with van der Waals surface area (Å²) in [7, 11) is 0. The number of nitrogens with one attached hydrogen (secondary N) is 1. The average Bonchev–Trinajstić information content (AvgIpc) is 3.35. The van der Waals surface area contributed by atoms with Gasteiger partial charge in [-0.25, -0.2) is 15.0 Å². The predicted molar refractivity (Wildman–Crippen MR) is 104 cm³/mol. The van der Waals surface area contributed by atoms with E-state index >= 15 is 0 Å². The van der Waals surface area contributed by atoms with Crippen molar-refractivity contribution in [3.63, 3.8) is 0 Å². The molecule has 0 saturated carbocycles. The zero-order valence-corrected chi connectivity index (χ0v) is 15.6. The Morgan fingerprint density at radius 2 is 2.00 bits per heavy atom. The van der Waals surface area contributed by atoms with E-state index in [1.807, 2.05) is 30.9 Å². The van der Waals surface area contributed by atoms with Gasteiger partial charge in [-0.2, -0.15) is 5.10 Å². The van der Waals surface area contributed by atoms with Crippen LogP contribution in [0.5, 0.6) is 0 Å². The van der Waals surface area contributed by atoms with Gasteiger partial charge in [-0.3, -0.25) is 10.1 Å². The lowest BCUT2D eigenvalue weighted by atomic mass is 10.1. The number of hydrogen-bond acceptors (Lipinski definition) is 5. The summed E-state index contributed by atoms with van der Waals surface area (Å²) in [6.45, 7) is 4.27. The van der Waals surface area contributed by atoms with Crippen molar-refractivity contribution in [2.75, 3.05) is 0 Å². The highest BCUT2D eigenvalue weighted by Crippen LogP contribution is 2.23. The molecule has 7 nitrogen and oxygen atoms in total. The number of aromatic nitrogens is 7. The fraction of sp³-hybridized carbons (Fsp3) is 0.350. The molecular formula is C20H23N7. The maximum Gasteiger partial charge on any atom is 0.164 e. The highest BCUT2D eigenvalue weighted by Gasteiger charge is 2.15. The van der Waals surface area contributed by atoms with Gasteiger partial charge in [-0.15, -0.1) is 0 Å². The van der Waals surface area contributed by atoms with Crippen molar-refractivity contribution < 1.29 is 0 Å². The predicted octanol–water partition coefficient (Wildman–Crippen LogP) is 3.76. The Morgan fingerprint density at radius 1 is 1.11 bits per heavy atom. The number of H-pyrrole nitrogens is 1. The van der Waals surface area contributed by atoms with Crippen molar-refractivity contribution in [3.05, 3.63) is 54.5 Å². The number of pyridine rings is 1. The molecule has 4 aromatic rings. The summed E-state index contributed by atoms with van der Waals surface area (Å²) in [6.07, 6.45) is 13.3. The van der Waals surface area contributed by atoms with Crippen LogP contribution in [0.25, 0.3) is 22.6 Å². The molecular weight excluding hydrogens is 338 g/mol. The SMILES string of the molecule is CC(C)n1cnc2c(CCCCc3cn[nH]c3)nc(-c3cccnc3)nc21. The van der Waals surface area contributed by atoms with Gasteiger partial charge in [0, 0.05) is 30.2 Å². The molecule has 0 saturated heterocycles. The van der Waals surface area contributed by atoms with Gasteiger partial charge in [-0.05, 0) is 57.2 Å². The molecule has 0 spiro atoms. The fourth-order valence-corrected chi connectivity index (χ4v) is 3.19. The number of imidazole rings is 1. The number of unbranched alkanes of at least 4 members (excludes halogenated alkanes) is 1. The minimum atomic E-state index is 0.292. The van der Waals surface area contributed by atoms with Crippen LogP contribution >= 0.6 is 0 Å². The van der Waals surface area contributed by atoms with E-state index in [0.717, 1.165) is 48.1 Å². The minimum absolute atomic E-state index is 0.292. The Bertz CT molecular complexity index is 1000. The summed E-state index contributed by atoms with van der Waals surface area (Å²) in [4.78, 5) is 18.4. The number of nitrogens with zero attached hydrogens (tertiary/aromatic N) is 6. The molecule has 27 heavy (non-hydrogen) atoms. The molecule has 1 N–H and O–H groups in total. The smallest absolute Gasteiger partial charge is 0.164 e. The first-order valence-electron chi connectivity index (χ1n) is 9.34. The molecule has 0 aliphatic heterocycles. The van der Waals surface area contributed by atoms with Gasteiger partial charge in [0.05, 0.1) is 18.2 Å². The molecule has 0 aliphatic carbocycles. The third-order valence-corrected chi connectivity index (χ3v) is 4.65. The van der Waals surface area contributed by atoms with Crippen molar-refractivity contribution in [3.8, 4) is 11.4 Å². The third-order valence-electron chi connectivity index (χ3n) is 4.65. The molecule has 0 bridgehead atoms. The maximum absolute atomic E-state index is 4.83. The molecule has 7 heteroatoms. The normalized spacial score (nSPS) is 11.5. The standard InChI is InChI=1S/C20H23N7/c1-14(2)27-13-22-18-17(8-4-3-6-15-10-23-24-11-15)25-19(26-20(18)27)16-7-5-9-21-12-16/h5,7,9-14H,3-4,6,8H2,1-2H3,(H,23,24). The summed E-state index contributed by atoms with van der Waals surface area (Å²) in [5, 5.41) is 6.86. The zero-order valence-electron chi connectivity index (χ0n) is 15.6. The van der Waals surface area contributed by atoms with Gasteiger partial charge in [0.25, 0.3) is 0 Å². The first-order valence-corrected chi connectivity index (χ1v) is 9.34. The van der Waals surface area contributed by atoms with E-state index in [0.29, 0.717) is 11.9 Å². The fourth-order valence-electron chi connectivity index (χ4n) is 3.19. The number of aromatic amines is 1. The van der Waals surface area contributed by atoms with Crippen molar-refractivity contribution in [1.82, 2.24) is 34.7 Å². The lowest BCUT2D eigenvalue weighted by Crippen LogP contribution is -2.04. The number of fused-ring (bicyclic) bond motifs is 1. The highest BCUT2D eigenvalue weighted by atomic mass is 15.1. The first-order chi connectivity index (χ1) is 13.2. The van der Waals surface area contributed by atoms with Gasteiger partial charge in [0.1, 0.15) is 5.52 Å². The van der Waals surface area contributed by atoms with Crippen LogP contribution < -0.4 is 0 Å². The molecule has 0 amide bonds. The second-order valence-electron chi connectivity index (χ2n) is 6.97. The van der Waals surface area contributed by atoms with Gasteiger partial charge in [-0.1, -0.05) is 0 Å². The van der Waals surface area contributed by atoms with Crippen LogP contribution in [0.3, 0.4) is 0 Å². The molecule has 0 atom stereocenters. The quantitative estimate of drug-likeness (QED) is 0.507. The van der Waals surface area contributed by atoms with Crippen LogP contribution in [0.4, 0.5) is 0 Å². The molecule has 4 rings (SSSR count). The second-order valence-corrected chi connectivity index (χ2v) is 6.97. The molecule has 138 valence electrons. The third kappa shape index (κ3) is 3.72. The Hall–Kier alpha value is -3.09. The molecule has 0 fully saturated rings. The van der Waals surface area contributed by atoms with Crippen molar-refractivity contribution in [2.24, 2.45) is 0 Å². The zero-order chi connectivity index (χ0) is 18.6. The topological polar surface area (TPSA) is 85.2 Å².